The van der Waals surface area contributed by atoms with E-state index in [4.69, 9.17) is 5.73 Å². The van der Waals surface area contributed by atoms with Gasteiger partial charge in [0.05, 0.1) is 6.54 Å². The summed E-state index contributed by atoms with van der Waals surface area (Å²) in [5.41, 5.74) is 6.81. The summed E-state index contributed by atoms with van der Waals surface area (Å²) in [6.07, 6.45) is 1.78. The van der Waals surface area contributed by atoms with Crippen LogP contribution in [0.1, 0.15) is 19.4 Å². The highest BCUT2D eigenvalue weighted by Gasteiger charge is 2.04. The van der Waals surface area contributed by atoms with Gasteiger partial charge in [-0.1, -0.05) is 6.07 Å². The number of pyridine rings is 1. The topological polar surface area (TPSA) is 66.5 Å². The first-order valence-corrected chi connectivity index (χ1v) is 5.68. The monoisotopic (exact) mass is 363 g/mol. The summed E-state index contributed by atoms with van der Waals surface area (Å²) in [5, 5.41) is 3.06. The van der Waals surface area contributed by atoms with Crippen molar-refractivity contribution < 1.29 is 0 Å². The first-order valence-electron chi connectivity index (χ1n) is 5.68. The number of nitrogens with two attached hydrogens (primary N) is 1. The van der Waals surface area contributed by atoms with Crippen LogP contribution in [0.2, 0.25) is 0 Å². The van der Waals surface area contributed by atoms with Crippen LogP contribution in [0.5, 0.6) is 0 Å². The lowest BCUT2D eigenvalue weighted by molar-refractivity contribution is 0.723. The van der Waals surface area contributed by atoms with Gasteiger partial charge in [0.2, 0.25) is 0 Å². The molecular formula is C12H22IN5. The Labute approximate surface area is 126 Å². The van der Waals surface area contributed by atoms with Gasteiger partial charge < -0.3 is 16.0 Å². The van der Waals surface area contributed by atoms with Gasteiger partial charge in [0.1, 0.15) is 5.82 Å². The van der Waals surface area contributed by atoms with Gasteiger partial charge in [-0.05, 0) is 19.9 Å². The Balaban J connectivity index is 0.00000289. The summed E-state index contributed by atoms with van der Waals surface area (Å²) in [4.78, 5) is 10.6. The van der Waals surface area contributed by atoms with Crippen molar-refractivity contribution in [3.63, 3.8) is 0 Å². The average Bonchev–Trinajstić information content (AvgIpc) is 2.25. The van der Waals surface area contributed by atoms with Crippen LogP contribution in [0, 0.1) is 0 Å². The van der Waals surface area contributed by atoms with Crippen molar-refractivity contribution in [3.8, 4) is 0 Å². The predicted molar refractivity (Wildman–Crippen MR) is 87.6 cm³/mol. The molecule has 0 unspecified atom stereocenters. The van der Waals surface area contributed by atoms with Crippen LogP contribution in [0.4, 0.5) is 5.82 Å². The molecule has 0 radical (unpaired) electrons. The van der Waals surface area contributed by atoms with Crippen LogP contribution in [0.15, 0.2) is 23.3 Å². The van der Waals surface area contributed by atoms with E-state index >= 15 is 0 Å². The summed E-state index contributed by atoms with van der Waals surface area (Å²) in [6, 6.07) is 4.21. The van der Waals surface area contributed by atoms with E-state index in [-0.39, 0.29) is 24.0 Å². The Morgan fingerprint density at radius 2 is 2.17 bits per heavy atom. The Bertz CT molecular complexity index is 390. The number of anilines is 1. The van der Waals surface area contributed by atoms with E-state index in [1.54, 1.807) is 6.20 Å². The molecule has 0 fully saturated rings. The molecule has 1 rings (SSSR count). The summed E-state index contributed by atoms with van der Waals surface area (Å²) in [7, 11) is 3.93. The minimum atomic E-state index is 0. The van der Waals surface area contributed by atoms with Crippen molar-refractivity contribution in [2.45, 2.75) is 26.4 Å². The molecule has 0 spiro atoms. The SMILES string of the molecule is CC(C)NC(N)=NCc1cccnc1N(C)C.I. The fourth-order valence-corrected chi connectivity index (χ4v) is 1.47. The number of hydrogen-bond acceptors (Lipinski definition) is 3. The highest BCUT2D eigenvalue weighted by atomic mass is 127. The van der Waals surface area contributed by atoms with Crippen molar-refractivity contribution >= 4 is 35.8 Å². The minimum absolute atomic E-state index is 0. The number of nitrogens with one attached hydrogen (secondary N) is 1. The first-order chi connectivity index (χ1) is 8.00. The number of halogens is 1. The van der Waals surface area contributed by atoms with Crippen LogP contribution in [-0.2, 0) is 6.54 Å². The third-order valence-corrected chi connectivity index (χ3v) is 2.15. The van der Waals surface area contributed by atoms with Gasteiger partial charge in [-0.15, -0.1) is 24.0 Å². The zero-order chi connectivity index (χ0) is 12.8. The molecule has 3 N–H and O–H groups in total. The number of nitrogens with zero attached hydrogens (tertiary/aromatic N) is 3. The second kappa shape index (κ2) is 8.12. The van der Waals surface area contributed by atoms with Crippen LogP contribution in [0.3, 0.4) is 0 Å². The molecule has 0 saturated heterocycles. The van der Waals surface area contributed by atoms with E-state index < -0.39 is 0 Å². The molecule has 0 aromatic carbocycles. The average molecular weight is 363 g/mol. The maximum absolute atomic E-state index is 5.75. The fraction of sp³-hybridized carbons (Fsp3) is 0.500. The summed E-state index contributed by atoms with van der Waals surface area (Å²) < 4.78 is 0. The second-order valence-electron chi connectivity index (χ2n) is 4.38. The third-order valence-electron chi connectivity index (χ3n) is 2.15. The van der Waals surface area contributed by atoms with Gasteiger partial charge in [0.15, 0.2) is 5.96 Å². The van der Waals surface area contributed by atoms with E-state index in [2.05, 4.69) is 15.3 Å². The Kier molecular flexibility index (Phi) is 7.65. The highest BCUT2D eigenvalue weighted by Crippen LogP contribution is 2.14. The van der Waals surface area contributed by atoms with Gasteiger partial charge >= 0.3 is 0 Å². The third kappa shape index (κ3) is 5.52. The van der Waals surface area contributed by atoms with Gasteiger partial charge in [0, 0.05) is 31.9 Å². The largest absolute Gasteiger partial charge is 0.370 e. The quantitative estimate of drug-likeness (QED) is 0.484. The molecule has 1 heterocycles. The molecule has 5 nitrogen and oxygen atoms in total. The molecule has 1 aromatic heterocycles. The molecule has 0 amide bonds. The summed E-state index contributed by atoms with van der Waals surface area (Å²) in [5.74, 6) is 1.39. The molecule has 102 valence electrons. The van der Waals surface area contributed by atoms with Gasteiger partial charge in [0.25, 0.3) is 0 Å². The number of aromatic nitrogens is 1. The molecule has 0 bridgehead atoms. The van der Waals surface area contributed by atoms with E-state index in [0.717, 1.165) is 11.4 Å². The molecule has 0 saturated carbocycles. The first kappa shape index (κ1) is 16.9. The molecule has 6 heteroatoms. The van der Waals surface area contributed by atoms with E-state index in [9.17, 15) is 0 Å². The van der Waals surface area contributed by atoms with E-state index in [1.165, 1.54) is 0 Å². The minimum Gasteiger partial charge on any atom is -0.370 e. The molecule has 0 atom stereocenters. The van der Waals surface area contributed by atoms with Gasteiger partial charge in [-0.3, -0.25) is 0 Å². The van der Waals surface area contributed by atoms with Gasteiger partial charge in [-0.2, -0.15) is 0 Å². The van der Waals surface area contributed by atoms with Crippen LogP contribution >= 0.6 is 24.0 Å². The van der Waals surface area contributed by atoms with Crippen molar-refractivity contribution in [2.75, 3.05) is 19.0 Å². The van der Waals surface area contributed by atoms with Crippen LogP contribution < -0.4 is 16.0 Å². The van der Waals surface area contributed by atoms with Crippen LogP contribution in [0.25, 0.3) is 0 Å². The van der Waals surface area contributed by atoms with E-state index in [0.29, 0.717) is 18.5 Å². The molecule has 0 aliphatic carbocycles. The number of guanidine groups is 1. The van der Waals surface area contributed by atoms with Crippen molar-refractivity contribution in [1.29, 1.82) is 0 Å². The lowest BCUT2D eigenvalue weighted by Gasteiger charge is -2.15. The van der Waals surface area contributed by atoms with Crippen molar-refractivity contribution in [2.24, 2.45) is 10.7 Å². The number of aliphatic imine (C=N–C) groups is 1. The Morgan fingerprint density at radius 1 is 1.50 bits per heavy atom. The molecular weight excluding hydrogens is 341 g/mol. The van der Waals surface area contributed by atoms with E-state index in [1.807, 2.05) is 45.0 Å². The van der Waals surface area contributed by atoms with Crippen molar-refractivity contribution in [3.05, 3.63) is 23.9 Å². The second-order valence-corrected chi connectivity index (χ2v) is 4.38. The number of rotatable bonds is 4. The fourth-order valence-electron chi connectivity index (χ4n) is 1.47. The molecule has 0 aliphatic heterocycles. The molecule has 1 aromatic rings. The standard InChI is InChI=1S/C12H21N5.HI/c1-9(2)16-12(13)15-8-10-6-5-7-14-11(10)17(3)4;/h5-7,9H,8H2,1-4H3,(H3,13,15,16);1H. The smallest absolute Gasteiger partial charge is 0.189 e. The zero-order valence-electron chi connectivity index (χ0n) is 11.3. The maximum Gasteiger partial charge on any atom is 0.189 e. The van der Waals surface area contributed by atoms with Crippen molar-refractivity contribution in [1.82, 2.24) is 10.3 Å². The van der Waals surface area contributed by atoms with Crippen LogP contribution in [-0.4, -0.2) is 31.1 Å². The Morgan fingerprint density at radius 3 is 2.72 bits per heavy atom. The lowest BCUT2D eigenvalue weighted by atomic mass is 10.2. The predicted octanol–water partition coefficient (Wildman–Crippen LogP) is 1.58. The zero-order valence-corrected chi connectivity index (χ0v) is 13.7. The Hall–Kier alpha value is -1.05. The summed E-state index contributed by atoms with van der Waals surface area (Å²) in [6.45, 7) is 4.59. The summed E-state index contributed by atoms with van der Waals surface area (Å²) >= 11 is 0. The highest BCUT2D eigenvalue weighted by molar-refractivity contribution is 14.0. The molecule has 18 heavy (non-hydrogen) atoms. The normalized spacial score (nSPS) is 11.1. The number of hydrogen-bond donors (Lipinski definition) is 2. The molecule has 0 aliphatic rings. The maximum atomic E-state index is 5.75. The lowest BCUT2D eigenvalue weighted by Crippen LogP contribution is -2.36. The van der Waals surface area contributed by atoms with Gasteiger partial charge in [-0.25, -0.2) is 9.98 Å².